The van der Waals surface area contributed by atoms with Gasteiger partial charge in [-0.15, -0.1) is 0 Å². The fraction of sp³-hybridized carbons (Fsp3) is 0.417. The lowest BCUT2D eigenvalue weighted by molar-refractivity contribution is -0.0159. The molecule has 1 aliphatic heterocycles. The molecular formula is C12H14ClNO3. The van der Waals surface area contributed by atoms with Crippen LogP contribution in [0.2, 0.25) is 5.02 Å². The van der Waals surface area contributed by atoms with Crippen LogP contribution in [0, 0.1) is 0 Å². The summed E-state index contributed by atoms with van der Waals surface area (Å²) in [5, 5.41) is 0.434. The molecule has 1 aromatic carbocycles. The van der Waals surface area contributed by atoms with Crippen molar-refractivity contribution in [3.05, 3.63) is 28.8 Å². The molecule has 0 atom stereocenters. The van der Waals surface area contributed by atoms with Crippen molar-refractivity contribution in [2.24, 2.45) is 0 Å². The second-order valence-electron chi connectivity index (χ2n) is 3.99. The Kier molecular flexibility index (Phi) is 3.86. The standard InChI is InChI=1S/C12H14ClNO3/c13-9-5-8(6-10(14)7-9)12(15)17-11-1-3-16-4-2-11/h5-7,11H,1-4,14H2. The molecule has 0 saturated carbocycles. The average molecular weight is 256 g/mol. The van der Waals surface area contributed by atoms with Gasteiger partial charge in [-0.25, -0.2) is 4.79 Å². The van der Waals surface area contributed by atoms with Crippen molar-refractivity contribution >= 4 is 23.3 Å². The van der Waals surface area contributed by atoms with Gasteiger partial charge in [0.2, 0.25) is 0 Å². The fourth-order valence-electron chi connectivity index (χ4n) is 1.74. The maximum Gasteiger partial charge on any atom is 0.338 e. The van der Waals surface area contributed by atoms with Crippen LogP contribution in [0.5, 0.6) is 0 Å². The number of rotatable bonds is 2. The maximum atomic E-state index is 11.8. The monoisotopic (exact) mass is 255 g/mol. The number of esters is 1. The van der Waals surface area contributed by atoms with Crippen molar-refractivity contribution in [1.29, 1.82) is 0 Å². The molecular weight excluding hydrogens is 242 g/mol. The van der Waals surface area contributed by atoms with Crippen molar-refractivity contribution in [3.8, 4) is 0 Å². The van der Waals surface area contributed by atoms with E-state index in [1.165, 1.54) is 0 Å². The number of halogens is 1. The van der Waals surface area contributed by atoms with Crippen LogP contribution in [0.3, 0.4) is 0 Å². The minimum atomic E-state index is -0.383. The summed E-state index contributed by atoms with van der Waals surface area (Å²) in [5.41, 5.74) is 6.46. The predicted octanol–water partition coefficient (Wildman–Crippen LogP) is 2.26. The number of anilines is 1. The third-order valence-corrected chi connectivity index (χ3v) is 2.82. The Morgan fingerprint density at radius 1 is 1.35 bits per heavy atom. The molecule has 0 amide bonds. The van der Waals surface area contributed by atoms with E-state index in [1.807, 2.05) is 0 Å². The van der Waals surface area contributed by atoms with Gasteiger partial charge < -0.3 is 15.2 Å². The van der Waals surface area contributed by atoms with Crippen LogP contribution in [0.15, 0.2) is 18.2 Å². The van der Waals surface area contributed by atoms with Crippen LogP contribution in [-0.2, 0) is 9.47 Å². The predicted molar refractivity (Wildman–Crippen MR) is 65.1 cm³/mol. The van der Waals surface area contributed by atoms with Gasteiger partial charge in [-0.1, -0.05) is 11.6 Å². The summed E-state index contributed by atoms with van der Waals surface area (Å²) in [7, 11) is 0. The first-order chi connectivity index (χ1) is 8.15. The van der Waals surface area contributed by atoms with Gasteiger partial charge in [-0.05, 0) is 18.2 Å². The van der Waals surface area contributed by atoms with E-state index in [9.17, 15) is 4.79 Å². The van der Waals surface area contributed by atoms with Crippen molar-refractivity contribution < 1.29 is 14.3 Å². The highest BCUT2D eigenvalue weighted by Crippen LogP contribution is 2.19. The zero-order valence-electron chi connectivity index (χ0n) is 9.32. The zero-order valence-corrected chi connectivity index (χ0v) is 10.1. The van der Waals surface area contributed by atoms with E-state index in [4.69, 9.17) is 26.8 Å². The number of nitrogen functional groups attached to an aromatic ring is 1. The number of hydrogen-bond acceptors (Lipinski definition) is 4. The number of carbonyl (C=O) groups is 1. The molecule has 0 bridgehead atoms. The number of ether oxygens (including phenoxy) is 2. The molecule has 1 heterocycles. The van der Waals surface area contributed by atoms with Gasteiger partial charge in [0, 0.05) is 23.6 Å². The second kappa shape index (κ2) is 5.38. The molecule has 1 fully saturated rings. The van der Waals surface area contributed by atoms with Gasteiger partial charge in [-0.3, -0.25) is 0 Å². The SMILES string of the molecule is Nc1cc(Cl)cc(C(=O)OC2CCOCC2)c1. The Balaban J connectivity index is 2.03. The molecule has 0 unspecified atom stereocenters. The fourth-order valence-corrected chi connectivity index (χ4v) is 1.99. The molecule has 5 heteroatoms. The summed E-state index contributed by atoms with van der Waals surface area (Å²) in [5.74, 6) is -0.383. The zero-order chi connectivity index (χ0) is 12.3. The lowest BCUT2D eigenvalue weighted by atomic mass is 10.1. The number of carbonyl (C=O) groups excluding carboxylic acids is 1. The van der Waals surface area contributed by atoms with E-state index in [0.29, 0.717) is 29.5 Å². The highest BCUT2D eigenvalue weighted by Gasteiger charge is 2.19. The van der Waals surface area contributed by atoms with Gasteiger partial charge in [0.1, 0.15) is 6.10 Å². The summed E-state index contributed by atoms with van der Waals surface area (Å²) >= 11 is 5.83. The van der Waals surface area contributed by atoms with Crippen LogP contribution >= 0.6 is 11.6 Å². The summed E-state index contributed by atoms with van der Waals surface area (Å²) < 4.78 is 10.5. The molecule has 0 aromatic heterocycles. The first-order valence-electron chi connectivity index (χ1n) is 5.50. The Hall–Kier alpha value is -1.26. The summed E-state index contributed by atoms with van der Waals surface area (Å²) in [6.45, 7) is 1.27. The molecule has 4 nitrogen and oxygen atoms in total. The quantitative estimate of drug-likeness (QED) is 0.650. The highest BCUT2D eigenvalue weighted by atomic mass is 35.5. The van der Waals surface area contributed by atoms with Crippen molar-refractivity contribution in [1.82, 2.24) is 0 Å². The van der Waals surface area contributed by atoms with E-state index >= 15 is 0 Å². The van der Waals surface area contributed by atoms with Gasteiger partial charge in [0.15, 0.2) is 0 Å². The molecule has 17 heavy (non-hydrogen) atoms. The first-order valence-corrected chi connectivity index (χ1v) is 5.88. The third kappa shape index (κ3) is 3.35. The third-order valence-electron chi connectivity index (χ3n) is 2.60. The Labute approximate surface area is 105 Å². The molecule has 92 valence electrons. The van der Waals surface area contributed by atoms with E-state index in [2.05, 4.69) is 0 Å². The van der Waals surface area contributed by atoms with Crippen molar-refractivity contribution in [3.63, 3.8) is 0 Å². The number of nitrogens with two attached hydrogens (primary N) is 1. The highest BCUT2D eigenvalue weighted by molar-refractivity contribution is 6.31. The van der Waals surface area contributed by atoms with E-state index < -0.39 is 0 Å². The minimum Gasteiger partial charge on any atom is -0.459 e. The van der Waals surface area contributed by atoms with E-state index in [1.54, 1.807) is 18.2 Å². The average Bonchev–Trinajstić information content (AvgIpc) is 2.29. The lowest BCUT2D eigenvalue weighted by Crippen LogP contribution is -2.26. The summed E-state index contributed by atoms with van der Waals surface area (Å²) in [6.07, 6.45) is 1.40. The van der Waals surface area contributed by atoms with Crippen LogP contribution in [0.25, 0.3) is 0 Å². The van der Waals surface area contributed by atoms with Crippen LogP contribution < -0.4 is 5.73 Å². The van der Waals surface area contributed by atoms with Crippen LogP contribution in [0.4, 0.5) is 5.69 Å². The van der Waals surface area contributed by atoms with Crippen LogP contribution in [-0.4, -0.2) is 25.3 Å². The largest absolute Gasteiger partial charge is 0.459 e. The molecule has 0 spiro atoms. The molecule has 1 aliphatic rings. The molecule has 0 radical (unpaired) electrons. The van der Waals surface area contributed by atoms with Gasteiger partial charge in [0.25, 0.3) is 0 Å². The number of benzene rings is 1. The first kappa shape index (κ1) is 12.2. The topological polar surface area (TPSA) is 61.6 Å². The molecule has 2 rings (SSSR count). The van der Waals surface area contributed by atoms with Crippen molar-refractivity contribution in [2.75, 3.05) is 18.9 Å². The van der Waals surface area contributed by atoms with Crippen molar-refractivity contribution in [2.45, 2.75) is 18.9 Å². The van der Waals surface area contributed by atoms with Gasteiger partial charge in [0.05, 0.1) is 18.8 Å². The van der Waals surface area contributed by atoms with Gasteiger partial charge in [-0.2, -0.15) is 0 Å². The maximum absolute atomic E-state index is 11.8. The minimum absolute atomic E-state index is 0.0727. The van der Waals surface area contributed by atoms with Gasteiger partial charge >= 0.3 is 5.97 Å². The summed E-state index contributed by atoms with van der Waals surface area (Å²) in [4.78, 5) is 11.8. The Morgan fingerprint density at radius 2 is 2.06 bits per heavy atom. The number of hydrogen-bond donors (Lipinski definition) is 1. The molecule has 0 aliphatic carbocycles. The lowest BCUT2D eigenvalue weighted by Gasteiger charge is -2.22. The Morgan fingerprint density at radius 3 is 2.71 bits per heavy atom. The van der Waals surface area contributed by atoms with E-state index in [-0.39, 0.29) is 12.1 Å². The smallest absolute Gasteiger partial charge is 0.338 e. The second-order valence-corrected chi connectivity index (χ2v) is 4.43. The summed E-state index contributed by atoms with van der Waals surface area (Å²) in [6, 6.07) is 4.71. The normalized spacial score (nSPS) is 16.8. The van der Waals surface area contributed by atoms with Crippen LogP contribution in [0.1, 0.15) is 23.2 Å². The molecule has 1 aromatic rings. The Bertz CT molecular complexity index is 396. The van der Waals surface area contributed by atoms with E-state index in [0.717, 1.165) is 12.8 Å². The molecule has 1 saturated heterocycles. The molecule has 2 N–H and O–H groups in total.